The van der Waals surface area contributed by atoms with E-state index in [9.17, 15) is 18.0 Å². The van der Waals surface area contributed by atoms with Crippen molar-refractivity contribution in [1.29, 1.82) is 0 Å². The fraction of sp³-hybridized carbons (Fsp3) is 0.455. The number of fused-ring (bicyclic) bond motifs is 1. The first-order chi connectivity index (χ1) is 15.3. The number of hydrogen-bond acceptors (Lipinski definition) is 6. The minimum absolute atomic E-state index is 0.181. The molecule has 2 heterocycles. The minimum atomic E-state index is -3.63. The number of benzene rings is 1. The van der Waals surface area contributed by atoms with Crippen molar-refractivity contribution in [2.45, 2.75) is 43.9 Å². The normalized spacial score (nSPS) is 17.2. The highest BCUT2D eigenvalue weighted by molar-refractivity contribution is 7.89. The molecular weight excluding hydrogens is 472 g/mol. The number of carbonyl (C=O) groups excluding carboxylic acids is 2. The predicted molar refractivity (Wildman–Crippen MR) is 124 cm³/mol. The van der Waals surface area contributed by atoms with Crippen molar-refractivity contribution in [2.75, 3.05) is 25.0 Å². The Morgan fingerprint density at radius 3 is 2.53 bits per heavy atom. The van der Waals surface area contributed by atoms with E-state index in [-0.39, 0.29) is 36.4 Å². The van der Waals surface area contributed by atoms with Crippen molar-refractivity contribution in [3.63, 3.8) is 0 Å². The van der Waals surface area contributed by atoms with Crippen LogP contribution in [0, 0.1) is 5.92 Å². The van der Waals surface area contributed by atoms with Crippen LogP contribution < -0.4 is 5.32 Å². The topological polar surface area (TPSA) is 92.8 Å². The molecule has 0 atom stereocenters. The van der Waals surface area contributed by atoms with Gasteiger partial charge in [0.25, 0.3) is 0 Å². The summed E-state index contributed by atoms with van der Waals surface area (Å²) in [6, 6.07) is 6.08. The van der Waals surface area contributed by atoms with Crippen LogP contribution in [0.3, 0.4) is 0 Å². The highest BCUT2D eigenvalue weighted by Crippen LogP contribution is 2.40. The number of carbonyl (C=O) groups is 2. The predicted octanol–water partition coefficient (Wildman–Crippen LogP) is 4.11. The quantitative estimate of drug-likeness (QED) is 0.607. The van der Waals surface area contributed by atoms with E-state index >= 15 is 0 Å². The molecule has 0 saturated carbocycles. The molecule has 10 heteroatoms. The number of anilines is 1. The Hall–Kier alpha value is -1.94. The smallest absolute Gasteiger partial charge is 0.341 e. The fourth-order valence-corrected chi connectivity index (χ4v) is 7.12. The van der Waals surface area contributed by atoms with Crippen molar-refractivity contribution >= 4 is 49.8 Å². The van der Waals surface area contributed by atoms with Crippen LogP contribution in [0.5, 0.6) is 0 Å². The molecule has 172 valence electrons. The number of esters is 1. The number of nitrogens with zero attached hydrogens (tertiary/aromatic N) is 1. The lowest BCUT2D eigenvalue weighted by molar-refractivity contribution is -0.120. The van der Waals surface area contributed by atoms with E-state index in [1.54, 1.807) is 19.1 Å². The maximum atomic E-state index is 13.0. The van der Waals surface area contributed by atoms with E-state index in [4.69, 9.17) is 16.3 Å². The van der Waals surface area contributed by atoms with Gasteiger partial charge in [0.2, 0.25) is 15.9 Å². The summed E-state index contributed by atoms with van der Waals surface area (Å²) < 4.78 is 32.3. The zero-order valence-corrected chi connectivity index (χ0v) is 20.1. The second-order valence-corrected chi connectivity index (χ2v) is 11.4. The molecule has 7 nitrogen and oxygen atoms in total. The van der Waals surface area contributed by atoms with Crippen molar-refractivity contribution in [2.24, 2.45) is 5.92 Å². The van der Waals surface area contributed by atoms with Gasteiger partial charge in [-0.3, -0.25) is 4.79 Å². The van der Waals surface area contributed by atoms with Gasteiger partial charge in [0.1, 0.15) is 5.00 Å². The van der Waals surface area contributed by atoms with Gasteiger partial charge in [-0.25, -0.2) is 13.2 Å². The van der Waals surface area contributed by atoms with Crippen molar-refractivity contribution < 1.29 is 22.7 Å². The summed E-state index contributed by atoms with van der Waals surface area (Å²) in [6.45, 7) is 2.55. The number of amides is 1. The third-order valence-corrected chi connectivity index (χ3v) is 9.29. The molecule has 32 heavy (non-hydrogen) atoms. The van der Waals surface area contributed by atoms with Crippen LogP contribution >= 0.6 is 22.9 Å². The van der Waals surface area contributed by atoms with Crippen molar-refractivity contribution in [1.82, 2.24) is 4.31 Å². The van der Waals surface area contributed by atoms with Crippen molar-refractivity contribution in [3.8, 4) is 0 Å². The Balaban J connectivity index is 1.42. The number of hydrogen-bond donors (Lipinski definition) is 1. The molecule has 2 aliphatic rings. The summed E-state index contributed by atoms with van der Waals surface area (Å²) in [6.07, 6.45) is 3.55. The van der Waals surface area contributed by atoms with Gasteiger partial charge in [-0.15, -0.1) is 11.3 Å². The van der Waals surface area contributed by atoms with Crippen LogP contribution in [-0.4, -0.2) is 44.3 Å². The molecule has 1 aromatic heterocycles. The molecule has 0 radical (unpaired) electrons. The first-order valence-electron chi connectivity index (χ1n) is 10.7. The molecule has 0 spiro atoms. The molecule has 1 aromatic carbocycles. The van der Waals surface area contributed by atoms with Crippen LogP contribution in [0.4, 0.5) is 5.00 Å². The summed E-state index contributed by atoms with van der Waals surface area (Å²) in [5, 5.41) is 3.96. The number of sulfonamides is 1. The molecule has 1 amide bonds. The van der Waals surface area contributed by atoms with Crippen LogP contribution in [0.1, 0.15) is 47.0 Å². The largest absolute Gasteiger partial charge is 0.462 e. The molecule has 4 rings (SSSR count). The average Bonchev–Trinajstić information content (AvgIpc) is 3.35. The Labute approximate surface area is 196 Å². The molecule has 0 unspecified atom stereocenters. The van der Waals surface area contributed by atoms with E-state index < -0.39 is 16.0 Å². The van der Waals surface area contributed by atoms with Gasteiger partial charge in [-0.2, -0.15) is 4.31 Å². The summed E-state index contributed by atoms with van der Waals surface area (Å²) in [5.74, 6) is -0.899. The molecule has 1 fully saturated rings. The monoisotopic (exact) mass is 496 g/mol. The van der Waals surface area contributed by atoms with Crippen LogP contribution in [0.2, 0.25) is 5.02 Å². The zero-order chi connectivity index (χ0) is 22.9. The highest BCUT2D eigenvalue weighted by Gasteiger charge is 2.34. The second kappa shape index (κ2) is 9.51. The first-order valence-corrected chi connectivity index (χ1v) is 13.3. The van der Waals surface area contributed by atoms with E-state index in [1.165, 1.54) is 27.8 Å². The number of ether oxygens (including phenoxy) is 1. The van der Waals surface area contributed by atoms with Crippen molar-refractivity contribution in [3.05, 3.63) is 45.3 Å². The van der Waals surface area contributed by atoms with Crippen LogP contribution in [0.15, 0.2) is 29.2 Å². The lowest BCUT2D eigenvalue weighted by Crippen LogP contribution is -2.41. The Bertz CT molecular complexity index is 1120. The zero-order valence-electron chi connectivity index (χ0n) is 17.7. The second-order valence-electron chi connectivity index (χ2n) is 7.90. The van der Waals surface area contributed by atoms with E-state index in [1.807, 2.05) is 0 Å². The summed E-state index contributed by atoms with van der Waals surface area (Å²) in [5.41, 5.74) is 1.48. The number of piperidine rings is 1. The third kappa shape index (κ3) is 4.57. The van der Waals surface area contributed by atoms with Gasteiger partial charge in [-0.05, 0) is 68.9 Å². The Morgan fingerprint density at radius 1 is 1.19 bits per heavy atom. The SMILES string of the molecule is CCOC(=O)c1c(NC(=O)C2CCN(S(=O)(=O)c3ccc(Cl)cc3)CC2)sc2c1CCC2. The molecule has 2 aromatic rings. The molecule has 1 N–H and O–H groups in total. The lowest BCUT2D eigenvalue weighted by atomic mass is 9.97. The molecule has 1 aliphatic carbocycles. The number of nitrogens with one attached hydrogen (secondary N) is 1. The van der Waals surface area contributed by atoms with Gasteiger partial charge < -0.3 is 10.1 Å². The van der Waals surface area contributed by atoms with Gasteiger partial charge in [0.05, 0.1) is 17.1 Å². The van der Waals surface area contributed by atoms with Crippen LogP contribution in [-0.2, 0) is 32.4 Å². The number of rotatable bonds is 6. The van der Waals surface area contributed by atoms with E-state index in [0.717, 1.165) is 29.7 Å². The van der Waals surface area contributed by atoms with Gasteiger partial charge in [-0.1, -0.05) is 11.6 Å². The van der Waals surface area contributed by atoms with Crippen LogP contribution in [0.25, 0.3) is 0 Å². The van der Waals surface area contributed by atoms with E-state index in [2.05, 4.69) is 5.32 Å². The number of halogens is 1. The highest BCUT2D eigenvalue weighted by atomic mass is 35.5. The summed E-state index contributed by atoms with van der Waals surface area (Å²) in [4.78, 5) is 26.8. The number of thiophene rings is 1. The molecule has 1 aliphatic heterocycles. The van der Waals surface area contributed by atoms with Gasteiger partial charge in [0, 0.05) is 28.9 Å². The third-order valence-electron chi connectivity index (χ3n) is 5.91. The number of aryl methyl sites for hydroxylation is 1. The summed E-state index contributed by atoms with van der Waals surface area (Å²) >= 11 is 7.31. The van der Waals surface area contributed by atoms with E-state index in [0.29, 0.717) is 28.4 Å². The minimum Gasteiger partial charge on any atom is -0.462 e. The first kappa shape index (κ1) is 23.2. The van der Waals surface area contributed by atoms with Gasteiger partial charge in [0.15, 0.2) is 0 Å². The molecule has 1 saturated heterocycles. The molecule has 0 bridgehead atoms. The maximum Gasteiger partial charge on any atom is 0.341 e. The van der Waals surface area contributed by atoms with Gasteiger partial charge >= 0.3 is 5.97 Å². The maximum absolute atomic E-state index is 13.0. The lowest BCUT2D eigenvalue weighted by Gasteiger charge is -2.30. The molecular formula is C22H25ClN2O5S2. The fourth-order valence-electron chi connectivity index (χ4n) is 4.24. The standard InChI is InChI=1S/C22H25ClN2O5S2/c1-2-30-22(27)19-17-4-3-5-18(17)31-21(19)24-20(26)14-10-12-25(13-11-14)32(28,29)16-8-6-15(23)7-9-16/h6-9,14H,2-5,10-13H2,1H3,(H,24,26). The Kier molecular flexibility index (Phi) is 6.90. The average molecular weight is 497 g/mol. The summed E-state index contributed by atoms with van der Waals surface area (Å²) in [7, 11) is -3.63. The Morgan fingerprint density at radius 2 is 1.88 bits per heavy atom.